The molecule has 2 N–H and O–H groups in total. The van der Waals surface area contributed by atoms with Crippen molar-refractivity contribution in [2.45, 2.75) is 27.2 Å². The van der Waals surface area contributed by atoms with Crippen LogP contribution < -0.4 is 5.48 Å². The summed E-state index contributed by atoms with van der Waals surface area (Å²) in [7, 11) is 0. The summed E-state index contributed by atoms with van der Waals surface area (Å²) in [6.07, 6.45) is 1.08. The summed E-state index contributed by atoms with van der Waals surface area (Å²) in [4.78, 5) is 13.9. The molecule has 4 heteroatoms. The summed E-state index contributed by atoms with van der Waals surface area (Å²) < 4.78 is 0. The highest BCUT2D eigenvalue weighted by Gasteiger charge is 1.76. The first-order valence-corrected chi connectivity index (χ1v) is 3.69. The van der Waals surface area contributed by atoms with E-state index in [4.69, 9.17) is 14.7 Å². The minimum absolute atomic E-state index is 0.813. The Bertz CT molecular complexity index is 77.8. The summed E-state index contributed by atoms with van der Waals surface area (Å²) in [6, 6.07) is 0. The first-order chi connectivity index (χ1) is 5.15. The van der Waals surface area contributed by atoms with Crippen molar-refractivity contribution in [1.29, 1.82) is 0 Å². The van der Waals surface area contributed by atoms with Crippen molar-refractivity contribution in [3.8, 4) is 0 Å². The molecule has 0 aliphatic heterocycles. The highest BCUT2D eigenvalue weighted by atomic mass is 16.6. The number of hydrogen-bond acceptors (Lipinski definition) is 3. The second-order valence-corrected chi connectivity index (χ2v) is 1.87. The van der Waals surface area contributed by atoms with Gasteiger partial charge in [-0.05, 0) is 6.42 Å². The molecule has 0 radical (unpaired) electrons. The molecule has 0 rings (SSSR count). The normalized spacial score (nSPS) is 8.27. The van der Waals surface area contributed by atoms with Gasteiger partial charge in [0.25, 0.3) is 5.97 Å². The Balaban J connectivity index is 0. The van der Waals surface area contributed by atoms with Crippen LogP contribution in [0, 0.1) is 0 Å². The van der Waals surface area contributed by atoms with E-state index in [1.54, 1.807) is 0 Å². The Labute approximate surface area is 67.5 Å². The van der Waals surface area contributed by atoms with Gasteiger partial charge in [0.2, 0.25) is 0 Å². The van der Waals surface area contributed by atoms with E-state index in [-0.39, 0.29) is 0 Å². The van der Waals surface area contributed by atoms with Crippen LogP contribution >= 0.6 is 0 Å². The molecule has 0 amide bonds. The quantitative estimate of drug-likeness (QED) is 0.480. The van der Waals surface area contributed by atoms with E-state index in [0.29, 0.717) is 0 Å². The molecule has 68 valence electrons. The second kappa shape index (κ2) is 12.1. The second-order valence-electron chi connectivity index (χ2n) is 1.87. The fourth-order valence-corrected chi connectivity index (χ4v) is 0.276. The van der Waals surface area contributed by atoms with Gasteiger partial charge in [0, 0.05) is 13.5 Å². The molecule has 0 heterocycles. The molecule has 0 aliphatic rings. The largest absolute Gasteiger partial charge is 0.481 e. The molecule has 11 heavy (non-hydrogen) atoms. The average Bonchev–Trinajstić information content (AvgIpc) is 1.88. The monoisotopic (exact) mass is 163 g/mol. The number of hydrogen-bond donors (Lipinski definition) is 2. The minimum atomic E-state index is -0.833. The van der Waals surface area contributed by atoms with Crippen molar-refractivity contribution >= 4 is 5.97 Å². The lowest BCUT2D eigenvalue weighted by molar-refractivity contribution is -0.134. The Morgan fingerprint density at radius 2 is 2.00 bits per heavy atom. The van der Waals surface area contributed by atoms with Crippen molar-refractivity contribution in [2.75, 3.05) is 13.2 Å². The number of rotatable bonds is 4. The van der Waals surface area contributed by atoms with E-state index >= 15 is 0 Å². The van der Waals surface area contributed by atoms with E-state index in [9.17, 15) is 0 Å². The number of hydroxylamine groups is 1. The van der Waals surface area contributed by atoms with Crippen LogP contribution in [-0.2, 0) is 9.63 Å². The summed E-state index contributed by atoms with van der Waals surface area (Å²) in [5, 5.41) is 7.42. The summed E-state index contributed by atoms with van der Waals surface area (Å²) in [5.74, 6) is -0.833. The maximum Gasteiger partial charge on any atom is 0.300 e. The predicted octanol–water partition coefficient (Wildman–Crippen LogP) is 1.03. The summed E-state index contributed by atoms with van der Waals surface area (Å²) >= 11 is 0. The van der Waals surface area contributed by atoms with Crippen LogP contribution in [0.25, 0.3) is 0 Å². The van der Waals surface area contributed by atoms with Gasteiger partial charge < -0.3 is 9.94 Å². The SMILES string of the molecule is CC(=O)O.CCCONCC. The van der Waals surface area contributed by atoms with Gasteiger partial charge in [-0.15, -0.1) is 0 Å². The molecule has 0 fully saturated rings. The third-order valence-electron chi connectivity index (χ3n) is 0.553. The molecule has 0 spiro atoms. The van der Waals surface area contributed by atoms with Crippen LogP contribution in [-0.4, -0.2) is 24.2 Å². The number of carboxylic acid groups (broad SMARTS) is 1. The lowest BCUT2D eigenvalue weighted by atomic mass is 10.5. The van der Waals surface area contributed by atoms with Crippen LogP contribution in [0.15, 0.2) is 0 Å². The van der Waals surface area contributed by atoms with Crippen LogP contribution in [0.3, 0.4) is 0 Å². The van der Waals surface area contributed by atoms with Crippen molar-refractivity contribution in [2.24, 2.45) is 0 Å². The maximum atomic E-state index is 9.00. The first kappa shape index (κ1) is 13.0. The van der Waals surface area contributed by atoms with E-state index in [0.717, 1.165) is 26.5 Å². The van der Waals surface area contributed by atoms with Crippen molar-refractivity contribution in [3.05, 3.63) is 0 Å². The zero-order chi connectivity index (χ0) is 9.11. The van der Waals surface area contributed by atoms with Gasteiger partial charge in [0.15, 0.2) is 0 Å². The summed E-state index contributed by atoms with van der Waals surface area (Å²) in [5.41, 5.74) is 2.75. The Morgan fingerprint density at radius 3 is 2.27 bits per heavy atom. The molecular formula is C7H17NO3. The topological polar surface area (TPSA) is 58.6 Å². The molecule has 0 saturated carbocycles. The fourth-order valence-electron chi connectivity index (χ4n) is 0.276. The molecule has 4 nitrogen and oxygen atoms in total. The Kier molecular flexibility index (Phi) is 14.3. The Hall–Kier alpha value is -0.610. The predicted molar refractivity (Wildman–Crippen MR) is 43.2 cm³/mol. The minimum Gasteiger partial charge on any atom is -0.481 e. The third kappa shape index (κ3) is 44.6. The van der Waals surface area contributed by atoms with Crippen LogP contribution in [0.5, 0.6) is 0 Å². The molecule has 0 bridgehead atoms. The van der Waals surface area contributed by atoms with E-state index in [1.807, 2.05) is 6.92 Å². The van der Waals surface area contributed by atoms with E-state index in [1.165, 1.54) is 0 Å². The first-order valence-electron chi connectivity index (χ1n) is 3.69. The van der Waals surface area contributed by atoms with Gasteiger partial charge in [-0.3, -0.25) is 4.79 Å². The Morgan fingerprint density at radius 1 is 1.55 bits per heavy atom. The zero-order valence-electron chi connectivity index (χ0n) is 7.39. The van der Waals surface area contributed by atoms with Gasteiger partial charge in [-0.2, -0.15) is 0 Å². The van der Waals surface area contributed by atoms with Crippen LogP contribution in [0.2, 0.25) is 0 Å². The van der Waals surface area contributed by atoms with Crippen molar-refractivity contribution < 1.29 is 14.7 Å². The van der Waals surface area contributed by atoms with Gasteiger partial charge in [0.05, 0.1) is 6.61 Å². The van der Waals surface area contributed by atoms with Crippen molar-refractivity contribution in [1.82, 2.24) is 5.48 Å². The standard InChI is InChI=1S/C5H13NO.C2H4O2/c1-3-5-7-6-4-2;1-2(3)4/h6H,3-5H2,1-2H3;1H3,(H,3,4). The van der Waals surface area contributed by atoms with Gasteiger partial charge in [-0.1, -0.05) is 13.8 Å². The molecule has 0 saturated heterocycles. The maximum absolute atomic E-state index is 9.00. The number of carbonyl (C=O) groups is 1. The smallest absolute Gasteiger partial charge is 0.300 e. The van der Waals surface area contributed by atoms with Gasteiger partial charge in [-0.25, -0.2) is 5.48 Å². The number of nitrogens with one attached hydrogen (secondary N) is 1. The number of aliphatic carboxylic acids is 1. The summed E-state index contributed by atoms with van der Waals surface area (Å²) in [6.45, 7) is 6.88. The van der Waals surface area contributed by atoms with Gasteiger partial charge >= 0.3 is 0 Å². The third-order valence-corrected chi connectivity index (χ3v) is 0.553. The zero-order valence-corrected chi connectivity index (χ0v) is 7.39. The fraction of sp³-hybridized carbons (Fsp3) is 0.857. The highest BCUT2D eigenvalue weighted by molar-refractivity contribution is 5.62. The molecule has 0 aliphatic carbocycles. The number of carboxylic acids is 1. The molecule has 0 atom stereocenters. The van der Waals surface area contributed by atoms with E-state index < -0.39 is 5.97 Å². The molecule has 0 aromatic heterocycles. The molecule has 0 unspecified atom stereocenters. The molecule has 0 aromatic carbocycles. The van der Waals surface area contributed by atoms with Crippen molar-refractivity contribution in [3.63, 3.8) is 0 Å². The molecular weight excluding hydrogens is 146 g/mol. The van der Waals surface area contributed by atoms with Gasteiger partial charge in [0.1, 0.15) is 0 Å². The average molecular weight is 163 g/mol. The molecule has 0 aromatic rings. The van der Waals surface area contributed by atoms with Crippen LogP contribution in [0.4, 0.5) is 0 Å². The lowest BCUT2D eigenvalue weighted by Gasteiger charge is -1.97. The lowest BCUT2D eigenvalue weighted by Crippen LogP contribution is -2.13. The van der Waals surface area contributed by atoms with E-state index in [2.05, 4.69) is 12.4 Å². The van der Waals surface area contributed by atoms with Crippen LogP contribution in [0.1, 0.15) is 27.2 Å². The highest BCUT2D eigenvalue weighted by Crippen LogP contribution is 1.72.